The van der Waals surface area contributed by atoms with Crippen LogP contribution in [0.4, 0.5) is 0 Å². The molecule has 0 amide bonds. The lowest BCUT2D eigenvalue weighted by Gasteiger charge is -2.41. The van der Waals surface area contributed by atoms with E-state index in [1.165, 1.54) is 0 Å². The van der Waals surface area contributed by atoms with Gasteiger partial charge < -0.3 is 13.9 Å². The van der Waals surface area contributed by atoms with Gasteiger partial charge in [-0.15, -0.1) is 0 Å². The maximum absolute atomic E-state index is 13.4. The Kier molecular flexibility index (Phi) is 9.83. The Morgan fingerprint density at radius 3 is 2.25 bits per heavy atom. The Bertz CT molecular complexity index is 608. The molecule has 2 rings (SSSR count). The molecule has 0 aromatic heterocycles. The fraction of sp³-hybridized carbons (Fsp3) is 0.962. The Labute approximate surface area is 200 Å². The first kappa shape index (κ1) is 28.2. The lowest BCUT2D eigenvalue weighted by Crippen LogP contribution is -2.46. The van der Waals surface area contributed by atoms with E-state index in [2.05, 4.69) is 60.4 Å². The van der Waals surface area contributed by atoms with Crippen molar-refractivity contribution >= 4 is 22.2 Å². The van der Waals surface area contributed by atoms with Crippen molar-refractivity contribution < 1.29 is 18.7 Å². The summed E-state index contributed by atoms with van der Waals surface area (Å²) in [6.07, 6.45) is 7.30. The van der Waals surface area contributed by atoms with Crippen molar-refractivity contribution in [2.45, 2.75) is 141 Å². The predicted octanol–water partition coefficient (Wildman–Crippen LogP) is 7.41. The molecule has 0 radical (unpaired) electrons. The van der Waals surface area contributed by atoms with E-state index in [9.17, 15) is 4.79 Å². The topological polar surface area (TPSA) is 44.8 Å². The molecule has 188 valence electrons. The van der Waals surface area contributed by atoms with Gasteiger partial charge in [-0.2, -0.15) is 0 Å². The summed E-state index contributed by atoms with van der Waals surface area (Å²) in [5.74, 6) is 1.35. The van der Waals surface area contributed by atoms with Crippen LogP contribution in [-0.4, -0.2) is 47.3 Å². The molecule has 1 saturated carbocycles. The second-order valence-corrected chi connectivity index (χ2v) is 23.0. The minimum atomic E-state index is -1.90. The average molecular weight is 485 g/mol. The van der Waals surface area contributed by atoms with Gasteiger partial charge in [0.25, 0.3) is 0 Å². The van der Waals surface area contributed by atoms with Crippen molar-refractivity contribution in [3.05, 3.63) is 0 Å². The van der Waals surface area contributed by atoms with Crippen molar-refractivity contribution in [3.8, 4) is 0 Å². The Balaban J connectivity index is 2.25. The SMILES string of the molecule is CCCCCC(=O)C(C[C@@H]1[C@H]2CC(OCC)O[C@H]2C[C@H]1O[Si](C)(C)C(C)(C)C)[Si](C)(C)C. The van der Waals surface area contributed by atoms with Crippen LogP contribution in [0.5, 0.6) is 0 Å². The molecular formula is C26H52O4Si2. The molecule has 6 atom stereocenters. The van der Waals surface area contributed by atoms with Crippen molar-refractivity contribution in [2.24, 2.45) is 11.8 Å². The van der Waals surface area contributed by atoms with Crippen LogP contribution in [0.25, 0.3) is 0 Å². The number of rotatable bonds is 12. The van der Waals surface area contributed by atoms with Crippen LogP contribution in [0, 0.1) is 11.8 Å². The van der Waals surface area contributed by atoms with Crippen LogP contribution < -0.4 is 0 Å². The van der Waals surface area contributed by atoms with Crippen LogP contribution in [-0.2, 0) is 18.7 Å². The molecule has 2 unspecified atom stereocenters. The van der Waals surface area contributed by atoms with E-state index in [0.29, 0.717) is 24.2 Å². The minimum absolute atomic E-state index is 0.0862. The molecule has 6 heteroatoms. The zero-order valence-corrected chi connectivity index (χ0v) is 24.8. The molecule has 1 aliphatic carbocycles. The fourth-order valence-corrected chi connectivity index (χ4v) is 8.83. The van der Waals surface area contributed by atoms with E-state index in [1.54, 1.807) is 0 Å². The first-order chi connectivity index (χ1) is 14.7. The van der Waals surface area contributed by atoms with E-state index in [4.69, 9.17) is 13.9 Å². The van der Waals surface area contributed by atoms with Crippen LogP contribution in [0.15, 0.2) is 0 Å². The lowest BCUT2D eigenvalue weighted by molar-refractivity contribution is -0.133. The van der Waals surface area contributed by atoms with E-state index < -0.39 is 16.4 Å². The molecule has 32 heavy (non-hydrogen) atoms. The highest BCUT2D eigenvalue weighted by Gasteiger charge is 2.54. The van der Waals surface area contributed by atoms with Crippen molar-refractivity contribution in [3.63, 3.8) is 0 Å². The molecule has 4 nitrogen and oxygen atoms in total. The van der Waals surface area contributed by atoms with Crippen LogP contribution in [0.2, 0.25) is 43.3 Å². The van der Waals surface area contributed by atoms with Gasteiger partial charge in [0.15, 0.2) is 14.6 Å². The summed E-state index contributed by atoms with van der Waals surface area (Å²) in [6, 6.07) is 0. The number of unbranched alkanes of at least 4 members (excludes halogenated alkanes) is 2. The standard InChI is InChI=1S/C26H52O4Si2/c1-11-13-14-15-21(27)24(31(6,7)8)16-19-20-17-25(28-12-2)29-22(20)18-23(19)30-32(9,10)26(3,4)5/h19-20,22-25H,11-18H2,1-10H3/t19-,20-,22+,23-,24?,25?/m1/s1. The van der Waals surface area contributed by atoms with Crippen molar-refractivity contribution in [2.75, 3.05) is 6.61 Å². The van der Waals surface area contributed by atoms with Crippen molar-refractivity contribution in [1.82, 2.24) is 0 Å². The molecule has 1 saturated heterocycles. The summed E-state index contributed by atoms with van der Waals surface area (Å²) in [6.45, 7) is 23.7. The fourth-order valence-electron chi connectivity index (χ4n) is 5.36. The highest BCUT2D eigenvalue weighted by atomic mass is 28.4. The lowest BCUT2D eigenvalue weighted by atomic mass is 9.86. The van der Waals surface area contributed by atoms with E-state index in [-0.39, 0.29) is 29.1 Å². The monoisotopic (exact) mass is 484 g/mol. The maximum Gasteiger partial charge on any atom is 0.192 e. The van der Waals surface area contributed by atoms with Gasteiger partial charge in [0, 0.05) is 25.0 Å². The quantitative estimate of drug-likeness (QED) is 0.214. The Morgan fingerprint density at radius 2 is 1.72 bits per heavy atom. The van der Waals surface area contributed by atoms with Gasteiger partial charge in [-0.3, -0.25) is 4.79 Å². The molecule has 0 bridgehead atoms. The average Bonchev–Trinajstić information content (AvgIpc) is 3.15. The largest absolute Gasteiger partial charge is 0.414 e. The van der Waals surface area contributed by atoms with Gasteiger partial charge >= 0.3 is 0 Å². The third kappa shape index (κ3) is 7.00. The number of ketones is 1. The Morgan fingerprint density at radius 1 is 1.06 bits per heavy atom. The number of fused-ring (bicyclic) bond motifs is 1. The first-order valence-corrected chi connectivity index (χ1v) is 19.7. The van der Waals surface area contributed by atoms with Crippen LogP contribution in [0.1, 0.15) is 79.6 Å². The predicted molar refractivity (Wildman–Crippen MR) is 139 cm³/mol. The molecule has 1 heterocycles. The third-order valence-corrected chi connectivity index (χ3v) is 15.5. The molecule has 0 spiro atoms. The number of hydrogen-bond donors (Lipinski definition) is 0. The van der Waals surface area contributed by atoms with Gasteiger partial charge in [0.2, 0.25) is 0 Å². The van der Waals surface area contributed by atoms with E-state index in [0.717, 1.165) is 44.9 Å². The van der Waals surface area contributed by atoms with Gasteiger partial charge in [-0.1, -0.05) is 60.2 Å². The summed E-state index contributed by atoms with van der Waals surface area (Å²) in [5, 5.41) is 0.179. The van der Waals surface area contributed by atoms with Gasteiger partial charge in [0.05, 0.1) is 20.3 Å². The Hall–Kier alpha value is -0.0162. The molecule has 2 aliphatic rings. The van der Waals surface area contributed by atoms with Gasteiger partial charge in [-0.05, 0) is 56.2 Å². The van der Waals surface area contributed by atoms with E-state index >= 15 is 0 Å². The second kappa shape index (κ2) is 11.1. The van der Waals surface area contributed by atoms with Crippen molar-refractivity contribution in [1.29, 1.82) is 0 Å². The highest BCUT2D eigenvalue weighted by molar-refractivity contribution is 6.80. The number of carbonyl (C=O) groups excluding carboxylic acids is 1. The van der Waals surface area contributed by atoms with Crippen LogP contribution >= 0.6 is 0 Å². The smallest absolute Gasteiger partial charge is 0.192 e. The van der Waals surface area contributed by atoms with Gasteiger partial charge in [0.1, 0.15) is 5.78 Å². The molecule has 0 aromatic carbocycles. The number of ether oxygens (including phenoxy) is 2. The molecular weight excluding hydrogens is 432 g/mol. The normalized spacial score (nSPS) is 29.9. The second-order valence-electron chi connectivity index (χ2n) is 12.9. The van der Waals surface area contributed by atoms with Crippen LogP contribution in [0.3, 0.4) is 0 Å². The summed E-state index contributed by atoms with van der Waals surface area (Å²) in [4.78, 5) is 13.4. The molecule has 1 aliphatic heterocycles. The zero-order chi connectivity index (χ0) is 24.3. The van der Waals surface area contributed by atoms with Gasteiger partial charge in [-0.25, -0.2) is 0 Å². The summed E-state index contributed by atoms with van der Waals surface area (Å²) in [5.41, 5.74) is 0.208. The highest BCUT2D eigenvalue weighted by Crippen LogP contribution is 2.51. The third-order valence-electron chi connectivity index (χ3n) is 8.33. The minimum Gasteiger partial charge on any atom is -0.414 e. The summed E-state index contributed by atoms with van der Waals surface area (Å²) >= 11 is 0. The molecule has 0 aromatic rings. The molecule has 2 fully saturated rings. The molecule has 0 N–H and O–H groups in total. The first-order valence-electron chi connectivity index (χ1n) is 13.2. The summed E-state index contributed by atoms with van der Waals surface area (Å²) < 4.78 is 19.2. The number of hydrogen-bond acceptors (Lipinski definition) is 4. The van der Waals surface area contributed by atoms with E-state index in [1.807, 2.05) is 6.92 Å². The summed E-state index contributed by atoms with van der Waals surface area (Å²) in [7, 11) is -3.55. The maximum atomic E-state index is 13.4. The number of carbonyl (C=O) groups is 1. The zero-order valence-electron chi connectivity index (χ0n) is 22.8. The number of Topliss-reactive ketones (excluding diaryl/α,β-unsaturated/α-hetero) is 1.